The second kappa shape index (κ2) is 6.19. The Hall–Kier alpha value is -1.09. The maximum absolute atomic E-state index is 9.12. The molecule has 1 N–H and O–H groups in total. The fraction of sp³-hybridized carbons (Fsp3) is 0.667. The van der Waals surface area contributed by atoms with Crippen molar-refractivity contribution in [3.05, 3.63) is 23.4 Å². The number of nitrogens with zero attached hydrogens (tertiary/aromatic N) is 1. The van der Waals surface area contributed by atoms with E-state index in [0.29, 0.717) is 12.0 Å². The van der Waals surface area contributed by atoms with Crippen molar-refractivity contribution in [3.63, 3.8) is 0 Å². The predicted octanol–water partition coefficient (Wildman–Crippen LogP) is 3.23. The molecule has 1 fully saturated rings. The molecule has 0 radical (unpaired) electrons. The van der Waals surface area contributed by atoms with Gasteiger partial charge in [0.2, 0.25) is 5.88 Å². The van der Waals surface area contributed by atoms with E-state index in [0.717, 1.165) is 30.0 Å². The lowest BCUT2D eigenvalue weighted by molar-refractivity contribution is 0.117. The quantitative estimate of drug-likeness (QED) is 0.890. The fourth-order valence-electron chi connectivity index (χ4n) is 2.69. The van der Waals surface area contributed by atoms with Crippen LogP contribution in [0.3, 0.4) is 0 Å². The molecule has 1 aromatic heterocycles. The van der Waals surface area contributed by atoms with E-state index in [1.807, 2.05) is 19.1 Å². The van der Waals surface area contributed by atoms with Crippen molar-refractivity contribution >= 4 is 0 Å². The van der Waals surface area contributed by atoms with E-state index in [4.69, 9.17) is 9.84 Å². The number of hydrogen-bond donors (Lipinski definition) is 1. The first-order valence-corrected chi connectivity index (χ1v) is 6.97. The molecule has 0 amide bonds. The summed E-state index contributed by atoms with van der Waals surface area (Å²) in [6.45, 7) is 4.21. The Morgan fingerprint density at radius 2 is 2.22 bits per heavy atom. The summed E-state index contributed by atoms with van der Waals surface area (Å²) in [5.41, 5.74) is 1.73. The molecular formula is C15H23NO2. The number of aromatic nitrogens is 1. The Kier molecular flexibility index (Phi) is 4.59. The number of aliphatic hydroxyl groups is 1. The normalized spacial score (nSPS) is 23.9. The van der Waals surface area contributed by atoms with Crippen LogP contribution in [0.15, 0.2) is 12.1 Å². The van der Waals surface area contributed by atoms with E-state index in [-0.39, 0.29) is 6.61 Å². The molecule has 0 bridgehead atoms. The summed E-state index contributed by atoms with van der Waals surface area (Å²) in [6, 6.07) is 3.77. The summed E-state index contributed by atoms with van der Waals surface area (Å²) < 4.78 is 5.97. The first-order valence-electron chi connectivity index (χ1n) is 6.97. The highest BCUT2D eigenvalue weighted by atomic mass is 16.5. The van der Waals surface area contributed by atoms with Gasteiger partial charge in [-0.3, -0.25) is 0 Å². The summed E-state index contributed by atoms with van der Waals surface area (Å²) in [5.74, 6) is 1.51. The van der Waals surface area contributed by atoms with Gasteiger partial charge >= 0.3 is 0 Å². The number of aryl methyl sites for hydroxylation is 1. The molecule has 2 atom stereocenters. The Bertz CT molecular complexity index is 392. The van der Waals surface area contributed by atoms with Gasteiger partial charge in [0.05, 0.1) is 6.61 Å². The molecular weight excluding hydrogens is 226 g/mol. The zero-order valence-corrected chi connectivity index (χ0v) is 11.4. The van der Waals surface area contributed by atoms with Crippen LogP contribution in [-0.4, -0.2) is 16.2 Å². The third kappa shape index (κ3) is 3.22. The van der Waals surface area contributed by atoms with Gasteiger partial charge in [-0.15, -0.1) is 0 Å². The van der Waals surface area contributed by atoms with Gasteiger partial charge in [-0.2, -0.15) is 0 Å². The number of hydrogen-bond acceptors (Lipinski definition) is 3. The molecule has 1 saturated carbocycles. The number of rotatable bonds is 4. The maximum Gasteiger partial charge on any atom is 0.213 e. The topological polar surface area (TPSA) is 42.4 Å². The van der Waals surface area contributed by atoms with Gasteiger partial charge in [-0.25, -0.2) is 4.98 Å². The summed E-state index contributed by atoms with van der Waals surface area (Å²) >= 11 is 0. The molecule has 0 saturated heterocycles. The molecule has 2 rings (SSSR count). The Morgan fingerprint density at radius 3 is 2.89 bits per heavy atom. The van der Waals surface area contributed by atoms with E-state index in [2.05, 4.69) is 11.9 Å². The minimum Gasteiger partial charge on any atom is -0.474 e. The lowest BCUT2D eigenvalue weighted by Crippen LogP contribution is -2.25. The van der Waals surface area contributed by atoms with Crippen molar-refractivity contribution in [2.24, 2.45) is 5.92 Å². The average molecular weight is 249 g/mol. The number of pyridine rings is 1. The highest BCUT2D eigenvalue weighted by molar-refractivity contribution is 5.24. The largest absolute Gasteiger partial charge is 0.474 e. The third-order valence-corrected chi connectivity index (χ3v) is 3.94. The number of aliphatic hydroxyl groups excluding tert-OH is 1. The highest BCUT2D eigenvalue weighted by Gasteiger charge is 2.22. The molecule has 2 unspecified atom stereocenters. The lowest BCUT2D eigenvalue weighted by atomic mass is 9.85. The van der Waals surface area contributed by atoms with Crippen LogP contribution in [0, 0.1) is 12.8 Å². The van der Waals surface area contributed by atoms with Crippen molar-refractivity contribution in [2.45, 2.75) is 58.7 Å². The van der Waals surface area contributed by atoms with Gasteiger partial charge in [0.1, 0.15) is 6.10 Å². The lowest BCUT2D eigenvalue weighted by Gasteiger charge is -2.28. The second-order valence-corrected chi connectivity index (χ2v) is 5.23. The fourth-order valence-corrected chi connectivity index (χ4v) is 2.69. The summed E-state index contributed by atoms with van der Waals surface area (Å²) in [7, 11) is 0. The summed E-state index contributed by atoms with van der Waals surface area (Å²) in [4.78, 5) is 4.41. The molecule has 3 nitrogen and oxygen atoms in total. The molecule has 1 heterocycles. The van der Waals surface area contributed by atoms with E-state index >= 15 is 0 Å². The predicted molar refractivity (Wildman–Crippen MR) is 71.6 cm³/mol. The van der Waals surface area contributed by atoms with E-state index < -0.39 is 0 Å². The summed E-state index contributed by atoms with van der Waals surface area (Å²) in [6.07, 6.45) is 6.45. The first-order chi connectivity index (χ1) is 8.72. The minimum absolute atomic E-state index is 0.0421. The van der Waals surface area contributed by atoms with Crippen LogP contribution in [0.4, 0.5) is 0 Å². The van der Waals surface area contributed by atoms with Crippen molar-refractivity contribution in [1.29, 1.82) is 0 Å². The van der Waals surface area contributed by atoms with Crippen LogP contribution >= 0.6 is 0 Å². The minimum atomic E-state index is 0.0421. The molecule has 1 aromatic rings. The molecule has 1 aliphatic carbocycles. The second-order valence-electron chi connectivity index (χ2n) is 5.23. The van der Waals surface area contributed by atoms with Gasteiger partial charge in [0.25, 0.3) is 0 Å². The zero-order chi connectivity index (χ0) is 13.0. The Morgan fingerprint density at radius 1 is 1.39 bits per heavy atom. The van der Waals surface area contributed by atoms with Crippen LogP contribution in [0.25, 0.3) is 0 Å². The molecule has 0 spiro atoms. The van der Waals surface area contributed by atoms with Crippen LogP contribution in [0.5, 0.6) is 5.88 Å². The van der Waals surface area contributed by atoms with Crippen molar-refractivity contribution in [3.8, 4) is 5.88 Å². The Labute approximate surface area is 109 Å². The van der Waals surface area contributed by atoms with Gasteiger partial charge in [-0.1, -0.05) is 19.8 Å². The van der Waals surface area contributed by atoms with Crippen LogP contribution in [-0.2, 0) is 6.61 Å². The molecule has 18 heavy (non-hydrogen) atoms. The highest BCUT2D eigenvalue weighted by Crippen LogP contribution is 2.29. The van der Waals surface area contributed by atoms with Gasteiger partial charge in [-0.05, 0) is 43.7 Å². The number of ether oxygens (including phenoxy) is 1. The van der Waals surface area contributed by atoms with Crippen LogP contribution in [0.2, 0.25) is 0 Å². The Balaban J connectivity index is 1.98. The molecule has 100 valence electrons. The van der Waals surface area contributed by atoms with Gasteiger partial charge in [0.15, 0.2) is 0 Å². The van der Waals surface area contributed by atoms with Crippen LogP contribution < -0.4 is 4.74 Å². The average Bonchev–Trinajstić information content (AvgIpc) is 2.39. The van der Waals surface area contributed by atoms with Crippen LogP contribution in [0.1, 0.15) is 50.3 Å². The smallest absolute Gasteiger partial charge is 0.213 e. The van der Waals surface area contributed by atoms with Gasteiger partial charge in [0, 0.05) is 11.8 Å². The molecule has 0 aromatic carbocycles. The summed E-state index contributed by atoms with van der Waals surface area (Å²) in [5, 5.41) is 9.12. The SMILES string of the molecule is CCC1CCCC(Oc2ccc(CO)c(C)n2)C1. The first kappa shape index (κ1) is 13.3. The van der Waals surface area contributed by atoms with Crippen molar-refractivity contribution < 1.29 is 9.84 Å². The molecule has 1 aliphatic rings. The standard InChI is InChI=1S/C15H23NO2/c1-3-12-5-4-6-14(9-12)18-15-8-7-13(10-17)11(2)16-15/h7-8,12,14,17H,3-6,9-10H2,1-2H3. The van der Waals surface area contributed by atoms with E-state index in [1.165, 1.54) is 19.3 Å². The monoisotopic (exact) mass is 249 g/mol. The van der Waals surface area contributed by atoms with E-state index in [9.17, 15) is 0 Å². The zero-order valence-electron chi connectivity index (χ0n) is 11.4. The van der Waals surface area contributed by atoms with E-state index in [1.54, 1.807) is 0 Å². The van der Waals surface area contributed by atoms with Gasteiger partial charge < -0.3 is 9.84 Å². The van der Waals surface area contributed by atoms with Crippen molar-refractivity contribution in [1.82, 2.24) is 4.98 Å². The molecule has 0 aliphatic heterocycles. The molecule has 3 heteroatoms. The maximum atomic E-state index is 9.12. The third-order valence-electron chi connectivity index (χ3n) is 3.94. The van der Waals surface area contributed by atoms with Crippen molar-refractivity contribution in [2.75, 3.05) is 0 Å².